The zero-order chi connectivity index (χ0) is 25.7. The summed E-state index contributed by atoms with van der Waals surface area (Å²) in [6, 6.07) is 40.8. The van der Waals surface area contributed by atoms with Crippen molar-refractivity contribution in [3.63, 3.8) is 0 Å². The zero-order valence-electron chi connectivity index (χ0n) is 21.5. The summed E-state index contributed by atoms with van der Waals surface area (Å²) in [6.07, 6.45) is 3.77. The molecule has 4 aromatic carbocycles. The minimum Gasteiger partial charge on any atom is -0.278 e. The van der Waals surface area contributed by atoms with Crippen molar-refractivity contribution < 1.29 is 0 Å². The van der Waals surface area contributed by atoms with Crippen LogP contribution in [0, 0.1) is 0 Å². The van der Waals surface area contributed by atoms with E-state index in [4.69, 9.17) is 9.97 Å². The minimum absolute atomic E-state index is 0.296. The Bertz CT molecular complexity index is 1780. The smallest absolute Gasteiger partial charge is 0.143 e. The minimum atomic E-state index is -0.296. The number of benzene rings is 4. The van der Waals surface area contributed by atoms with E-state index in [-0.39, 0.29) is 5.41 Å². The Balaban J connectivity index is 1.52. The fourth-order valence-electron chi connectivity index (χ4n) is 5.94. The van der Waals surface area contributed by atoms with Crippen LogP contribution in [0.4, 0.5) is 17.3 Å². The van der Waals surface area contributed by atoms with Gasteiger partial charge in [-0.05, 0) is 68.9 Å². The molecule has 2 aromatic heterocycles. The molecule has 3 heteroatoms. The number of aromatic nitrogens is 2. The van der Waals surface area contributed by atoms with Gasteiger partial charge >= 0.3 is 0 Å². The van der Waals surface area contributed by atoms with Crippen LogP contribution in [0.25, 0.3) is 33.0 Å². The van der Waals surface area contributed by atoms with Crippen LogP contribution in [-0.4, -0.2) is 9.97 Å². The largest absolute Gasteiger partial charge is 0.278 e. The Labute approximate surface area is 223 Å². The molecule has 6 aromatic rings. The van der Waals surface area contributed by atoms with E-state index in [2.05, 4.69) is 122 Å². The first-order valence-corrected chi connectivity index (χ1v) is 13.0. The maximum Gasteiger partial charge on any atom is 0.143 e. The summed E-state index contributed by atoms with van der Waals surface area (Å²) >= 11 is 0. The maximum absolute atomic E-state index is 4.97. The van der Waals surface area contributed by atoms with Crippen LogP contribution >= 0.6 is 0 Å². The molecule has 0 bridgehead atoms. The van der Waals surface area contributed by atoms with Crippen molar-refractivity contribution >= 4 is 28.1 Å². The van der Waals surface area contributed by atoms with Crippen LogP contribution < -0.4 is 4.90 Å². The van der Waals surface area contributed by atoms with Crippen molar-refractivity contribution in [2.45, 2.75) is 19.3 Å². The lowest BCUT2D eigenvalue weighted by Gasteiger charge is -2.42. The predicted molar refractivity (Wildman–Crippen MR) is 157 cm³/mol. The maximum atomic E-state index is 4.97. The lowest BCUT2D eigenvalue weighted by atomic mass is 9.71. The molecule has 38 heavy (non-hydrogen) atoms. The lowest BCUT2D eigenvalue weighted by molar-refractivity contribution is 0.629. The van der Waals surface area contributed by atoms with Crippen molar-refractivity contribution in [1.29, 1.82) is 0 Å². The Morgan fingerprint density at radius 3 is 2.24 bits per heavy atom. The number of hydrogen-bond donors (Lipinski definition) is 0. The van der Waals surface area contributed by atoms with E-state index in [0.29, 0.717) is 0 Å². The zero-order valence-corrected chi connectivity index (χ0v) is 21.5. The third-order valence-electron chi connectivity index (χ3n) is 7.74. The standard InChI is InChI=1S/C35H27N3/c1-35(2)30-23-26(28-16-10-14-24-13-6-7-15-27(24)28)18-19-31(30)38(32-17-8-9-21-36-32)34-33(35)29(20-22-37-34)25-11-4-3-5-12-25/h3-23H,1-2H3. The van der Waals surface area contributed by atoms with Crippen molar-refractivity contribution in [1.82, 2.24) is 9.97 Å². The summed E-state index contributed by atoms with van der Waals surface area (Å²) in [5.41, 5.74) is 8.12. The van der Waals surface area contributed by atoms with E-state index in [9.17, 15) is 0 Å². The van der Waals surface area contributed by atoms with Gasteiger partial charge in [-0.1, -0.05) is 98.8 Å². The fraction of sp³-hybridized carbons (Fsp3) is 0.0857. The van der Waals surface area contributed by atoms with Crippen molar-refractivity contribution in [3.05, 3.63) is 139 Å². The van der Waals surface area contributed by atoms with E-state index in [0.717, 1.165) is 17.3 Å². The first-order chi connectivity index (χ1) is 18.6. The van der Waals surface area contributed by atoms with E-state index in [1.54, 1.807) is 0 Å². The van der Waals surface area contributed by atoms with Gasteiger partial charge in [0, 0.05) is 23.4 Å². The summed E-state index contributed by atoms with van der Waals surface area (Å²) in [6.45, 7) is 4.64. The molecule has 0 aliphatic carbocycles. The van der Waals surface area contributed by atoms with Gasteiger partial charge in [-0.25, -0.2) is 9.97 Å². The Hall–Kier alpha value is -4.76. The van der Waals surface area contributed by atoms with Gasteiger partial charge in [-0.3, -0.25) is 4.90 Å². The highest BCUT2D eigenvalue weighted by Crippen LogP contribution is 2.54. The highest BCUT2D eigenvalue weighted by molar-refractivity contribution is 5.98. The van der Waals surface area contributed by atoms with E-state index >= 15 is 0 Å². The van der Waals surface area contributed by atoms with Gasteiger partial charge in [-0.15, -0.1) is 0 Å². The monoisotopic (exact) mass is 489 g/mol. The first kappa shape index (κ1) is 22.4. The average molecular weight is 490 g/mol. The van der Waals surface area contributed by atoms with Crippen LogP contribution in [0.5, 0.6) is 0 Å². The number of fused-ring (bicyclic) bond motifs is 3. The summed E-state index contributed by atoms with van der Waals surface area (Å²) in [4.78, 5) is 11.9. The normalized spacial score (nSPS) is 13.7. The van der Waals surface area contributed by atoms with E-state index in [1.165, 1.54) is 44.2 Å². The molecule has 0 unspecified atom stereocenters. The van der Waals surface area contributed by atoms with Crippen LogP contribution in [0.3, 0.4) is 0 Å². The molecule has 0 saturated heterocycles. The SMILES string of the molecule is CC1(C)c2cc(-c3cccc4ccccc34)ccc2N(c2ccccn2)c2nccc(-c3ccccc3)c21. The van der Waals surface area contributed by atoms with Crippen LogP contribution in [0.1, 0.15) is 25.0 Å². The van der Waals surface area contributed by atoms with Crippen LogP contribution in [0.15, 0.2) is 128 Å². The molecular formula is C35H27N3. The highest BCUT2D eigenvalue weighted by Gasteiger charge is 2.40. The summed E-state index contributed by atoms with van der Waals surface area (Å²) in [5, 5.41) is 2.51. The third kappa shape index (κ3) is 3.43. The molecule has 0 atom stereocenters. The number of rotatable bonds is 3. The fourth-order valence-corrected chi connectivity index (χ4v) is 5.94. The quantitative estimate of drug-likeness (QED) is 0.248. The molecule has 7 rings (SSSR count). The van der Waals surface area contributed by atoms with E-state index < -0.39 is 0 Å². The molecule has 182 valence electrons. The topological polar surface area (TPSA) is 29.0 Å². The van der Waals surface area contributed by atoms with Gasteiger partial charge in [-0.2, -0.15) is 0 Å². The molecule has 0 N–H and O–H groups in total. The average Bonchev–Trinajstić information content (AvgIpc) is 2.97. The Kier molecular flexibility index (Phi) is 5.12. The summed E-state index contributed by atoms with van der Waals surface area (Å²) in [7, 11) is 0. The van der Waals surface area contributed by atoms with Gasteiger partial charge < -0.3 is 0 Å². The number of hydrogen-bond acceptors (Lipinski definition) is 3. The van der Waals surface area contributed by atoms with Gasteiger partial charge in [0.25, 0.3) is 0 Å². The van der Waals surface area contributed by atoms with Crippen molar-refractivity contribution in [2.75, 3.05) is 4.90 Å². The summed E-state index contributed by atoms with van der Waals surface area (Å²) in [5.74, 6) is 1.79. The molecule has 0 radical (unpaired) electrons. The molecule has 3 nitrogen and oxygen atoms in total. The second kappa shape index (κ2) is 8.67. The van der Waals surface area contributed by atoms with E-state index in [1.807, 2.05) is 24.5 Å². The van der Waals surface area contributed by atoms with Gasteiger partial charge in [0.15, 0.2) is 0 Å². The second-order valence-corrected chi connectivity index (χ2v) is 10.3. The molecular weight excluding hydrogens is 462 g/mol. The van der Waals surface area contributed by atoms with Crippen molar-refractivity contribution in [2.24, 2.45) is 0 Å². The lowest BCUT2D eigenvalue weighted by Crippen LogP contribution is -2.32. The Morgan fingerprint density at radius 2 is 1.39 bits per heavy atom. The molecule has 3 heterocycles. The first-order valence-electron chi connectivity index (χ1n) is 13.0. The number of nitrogens with zero attached hydrogens (tertiary/aromatic N) is 3. The third-order valence-corrected chi connectivity index (χ3v) is 7.74. The molecule has 1 aliphatic rings. The predicted octanol–water partition coefficient (Wildman–Crippen LogP) is 9.07. The second-order valence-electron chi connectivity index (χ2n) is 10.3. The molecule has 0 amide bonds. The molecule has 1 aliphatic heterocycles. The van der Waals surface area contributed by atoms with Gasteiger partial charge in [0.05, 0.1) is 5.69 Å². The van der Waals surface area contributed by atoms with Crippen LogP contribution in [-0.2, 0) is 5.41 Å². The molecule has 0 saturated carbocycles. The van der Waals surface area contributed by atoms with Crippen LogP contribution in [0.2, 0.25) is 0 Å². The number of anilines is 3. The molecule has 0 spiro atoms. The highest BCUT2D eigenvalue weighted by atomic mass is 15.2. The van der Waals surface area contributed by atoms with Gasteiger partial charge in [0.2, 0.25) is 0 Å². The van der Waals surface area contributed by atoms with Gasteiger partial charge in [0.1, 0.15) is 11.6 Å². The number of pyridine rings is 2. The summed E-state index contributed by atoms with van der Waals surface area (Å²) < 4.78 is 0. The molecule has 0 fully saturated rings. The van der Waals surface area contributed by atoms with Crippen molar-refractivity contribution in [3.8, 4) is 22.3 Å². The Morgan fingerprint density at radius 1 is 0.605 bits per heavy atom.